The van der Waals surface area contributed by atoms with Crippen molar-refractivity contribution in [2.24, 2.45) is 0 Å². The molecular weight excluding hydrogens is 295 g/mol. The molecule has 0 bridgehead atoms. The first kappa shape index (κ1) is 16.7. The minimum absolute atomic E-state index is 0.224. The molecule has 1 heterocycles. The number of hydrogen-bond acceptors (Lipinski definition) is 4. The highest BCUT2D eigenvalue weighted by Gasteiger charge is 2.34. The van der Waals surface area contributed by atoms with Gasteiger partial charge in [0.25, 0.3) is 0 Å². The number of sulfonamides is 1. The van der Waals surface area contributed by atoms with Crippen molar-refractivity contribution in [3.63, 3.8) is 0 Å². The van der Waals surface area contributed by atoms with Crippen LogP contribution >= 0.6 is 0 Å². The van der Waals surface area contributed by atoms with E-state index in [0.717, 1.165) is 13.5 Å². The van der Waals surface area contributed by atoms with Crippen molar-refractivity contribution < 1.29 is 21.6 Å². The summed E-state index contributed by atoms with van der Waals surface area (Å²) in [5, 5.41) is 2.88. The van der Waals surface area contributed by atoms with Crippen LogP contribution < -0.4 is 5.32 Å². The maximum atomic E-state index is 12.3. The van der Waals surface area contributed by atoms with E-state index in [1.54, 1.807) is 0 Å². The van der Waals surface area contributed by atoms with E-state index in [9.17, 15) is 21.6 Å². The first-order chi connectivity index (χ1) is 9.16. The van der Waals surface area contributed by atoms with Gasteiger partial charge in [0.15, 0.2) is 0 Å². The predicted octanol–water partition coefficient (Wildman–Crippen LogP) is 2.09. The Morgan fingerprint density at radius 1 is 1.40 bits per heavy atom. The largest absolute Gasteiger partial charge is 0.402 e. The average molecular weight is 311 g/mol. The lowest BCUT2D eigenvalue weighted by Crippen LogP contribution is -2.35. The number of alkyl halides is 3. The smallest absolute Gasteiger partial charge is 0.370 e. The second-order valence-electron chi connectivity index (χ2n) is 4.18. The van der Waals surface area contributed by atoms with Crippen molar-refractivity contribution in [1.82, 2.24) is 9.29 Å². The quantitative estimate of drug-likeness (QED) is 0.874. The molecule has 0 aliphatic rings. The number of hydrogen-bond donors (Lipinski definition) is 1. The van der Waals surface area contributed by atoms with Crippen LogP contribution in [0.25, 0.3) is 0 Å². The van der Waals surface area contributed by atoms with E-state index in [0.29, 0.717) is 12.4 Å². The summed E-state index contributed by atoms with van der Waals surface area (Å²) in [6.45, 7) is 0.981. The van der Waals surface area contributed by atoms with Crippen LogP contribution in [0.3, 0.4) is 0 Å². The molecule has 1 aromatic heterocycles. The summed E-state index contributed by atoms with van der Waals surface area (Å²) >= 11 is 0. The molecule has 0 unspecified atom stereocenters. The van der Waals surface area contributed by atoms with Crippen molar-refractivity contribution in [2.75, 3.05) is 25.5 Å². The van der Waals surface area contributed by atoms with Crippen molar-refractivity contribution in [1.29, 1.82) is 0 Å². The van der Waals surface area contributed by atoms with Gasteiger partial charge in [-0.15, -0.1) is 0 Å². The summed E-state index contributed by atoms with van der Waals surface area (Å²) in [5.41, 5.74) is 0. The maximum absolute atomic E-state index is 12.3. The summed E-state index contributed by atoms with van der Waals surface area (Å²) in [6.07, 6.45) is -2.53. The van der Waals surface area contributed by atoms with Crippen molar-refractivity contribution in [2.45, 2.75) is 24.4 Å². The molecule has 0 atom stereocenters. The van der Waals surface area contributed by atoms with Crippen molar-refractivity contribution in [3.05, 3.63) is 18.3 Å². The van der Waals surface area contributed by atoms with Gasteiger partial charge in [0.1, 0.15) is 12.4 Å². The van der Waals surface area contributed by atoms with E-state index in [1.807, 2.05) is 6.92 Å². The lowest BCUT2D eigenvalue weighted by Gasteiger charge is -2.19. The predicted molar refractivity (Wildman–Crippen MR) is 68.9 cm³/mol. The van der Waals surface area contributed by atoms with Gasteiger partial charge in [-0.05, 0) is 12.5 Å². The van der Waals surface area contributed by atoms with Gasteiger partial charge in [0, 0.05) is 25.9 Å². The van der Waals surface area contributed by atoms with Crippen molar-refractivity contribution >= 4 is 15.8 Å². The fourth-order valence-corrected chi connectivity index (χ4v) is 2.61. The van der Waals surface area contributed by atoms with Crippen molar-refractivity contribution in [3.8, 4) is 0 Å². The molecule has 0 spiro atoms. The van der Waals surface area contributed by atoms with Gasteiger partial charge in [-0.2, -0.15) is 17.5 Å². The normalized spacial score (nSPS) is 12.7. The van der Waals surface area contributed by atoms with Crippen LogP contribution in [0.2, 0.25) is 0 Å². The molecular formula is C11H16F3N3O2S. The first-order valence-electron chi connectivity index (χ1n) is 5.90. The van der Waals surface area contributed by atoms with E-state index in [1.165, 1.54) is 18.3 Å². The molecule has 20 heavy (non-hydrogen) atoms. The van der Waals surface area contributed by atoms with Crippen LogP contribution in [-0.4, -0.2) is 44.0 Å². The summed E-state index contributed by atoms with van der Waals surface area (Å²) < 4.78 is 61.1. The standard InChI is InChI=1S/C11H16F3N3O2S/c1-3-5-15-10-7-9(4-6-16-10)20(18,19)17(2)8-11(12,13)14/h4,6-7H,3,5,8H2,1-2H3,(H,15,16). The number of rotatable bonds is 6. The zero-order valence-corrected chi connectivity index (χ0v) is 11.9. The maximum Gasteiger partial charge on any atom is 0.402 e. The Morgan fingerprint density at radius 2 is 2.05 bits per heavy atom. The number of nitrogens with zero attached hydrogens (tertiary/aromatic N) is 2. The zero-order chi connectivity index (χ0) is 15.4. The van der Waals surface area contributed by atoms with Crippen LogP contribution in [0, 0.1) is 0 Å². The number of nitrogens with one attached hydrogen (secondary N) is 1. The van der Waals surface area contributed by atoms with E-state index < -0.39 is 22.7 Å². The Hall–Kier alpha value is -1.35. The number of aromatic nitrogens is 1. The molecule has 114 valence electrons. The molecule has 0 aromatic carbocycles. The van der Waals surface area contributed by atoms with Gasteiger partial charge in [-0.25, -0.2) is 13.4 Å². The van der Waals surface area contributed by atoms with Gasteiger partial charge < -0.3 is 5.32 Å². The van der Waals surface area contributed by atoms with E-state index in [-0.39, 0.29) is 9.20 Å². The molecule has 1 rings (SSSR count). The van der Waals surface area contributed by atoms with Crippen LogP contribution in [0.4, 0.5) is 19.0 Å². The molecule has 0 fully saturated rings. The lowest BCUT2D eigenvalue weighted by atomic mass is 10.4. The summed E-state index contributed by atoms with van der Waals surface area (Å²) in [4.78, 5) is 3.68. The second-order valence-corrected chi connectivity index (χ2v) is 6.22. The van der Waals surface area contributed by atoms with Gasteiger partial charge in [-0.1, -0.05) is 6.92 Å². The lowest BCUT2D eigenvalue weighted by molar-refractivity contribution is -0.134. The zero-order valence-electron chi connectivity index (χ0n) is 11.1. The Balaban J connectivity index is 2.97. The van der Waals surface area contributed by atoms with Gasteiger partial charge in [-0.3, -0.25) is 0 Å². The van der Waals surface area contributed by atoms with Gasteiger partial charge in [0.05, 0.1) is 4.90 Å². The molecule has 0 aliphatic heterocycles. The van der Waals surface area contributed by atoms with E-state index in [2.05, 4.69) is 10.3 Å². The van der Waals surface area contributed by atoms with Crippen LogP contribution in [0.5, 0.6) is 0 Å². The summed E-state index contributed by atoms with van der Waals surface area (Å²) in [5.74, 6) is 0.313. The van der Waals surface area contributed by atoms with Crippen LogP contribution in [0.15, 0.2) is 23.2 Å². The monoisotopic (exact) mass is 311 g/mol. The second kappa shape index (κ2) is 6.40. The highest BCUT2D eigenvalue weighted by atomic mass is 32.2. The summed E-state index contributed by atoms with van der Waals surface area (Å²) in [7, 11) is -3.30. The fraction of sp³-hybridized carbons (Fsp3) is 0.545. The SMILES string of the molecule is CCCNc1cc(S(=O)(=O)N(C)CC(F)(F)F)ccn1. The molecule has 9 heteroatoms. The highest BCUT2D eigenvalue weighted by Crippen LogP contribution is 2.22. The fourth-order valence-electron chi connectivity index (χ4n) is 1.44. The Kier molecular flexibility index (Phi) is 5.35. The van der Waals surface area contributed by atoms with E-state index in [4.69, 9.17) is 0 Å². The topological polar surface area (TPSA) is 62.3 Å². The minimum Gasteiger partial charge on any atom is -0.370 e. The first-order valence-corrected chi connectivity index (χ1v) is 7.34. The number of anilines is 1. The molecule has 0 saturated carbocycles. The van der Waals surface area contributed by atoms with Crippen LogP contribution in [-0.2, 0) is 10.0 Å². The van der Waals surface area contributed by atoms with E-state index >= 15 is 0 Å². The third kappa shape index (κ3) is 4.64. The minimum atomic E-state index is -4.59. The number of halogens is 3. The molecule has 1 aromatic rings. The molecule has 0 radical (unpaired) electrons. The third-order valence-corrected chi connectivity index (χ3v) is 4.20. The average Bonchev–Trinajstić information content (AvgIpc) is 2.34. The third-order valence-electron chi connectivity index (χ3n) is 2.40. The highest BCUT2D eigenvalue weighted by molar-refractivity contribution is 7.89. The Labute approximate surface area is 115 Å². The molecule has 1 N–H and O–H groups in total. The Bertz CT molecular complexity index is 546. The molecule has 0 aliphatic carbocycles. The number of pyridine rings is 1. The molecule has 0 amide bonds. The molecule has 5 nitrogen and oxygen atoms in total. The Morgan fingerprint density at radius 3 is 2.60 bits per heavy atom. The summed E-state index contributed by atoms with van der Waals surface area (Å²) in [6, 6.07) is 2.39. The van der Waals surface area contributed by atoms with Gasteiger partial charge in [0.2, 0.25) is 10.0 Å². The molecule has 0 saturated heterocycles. The van der Waals surface area contributed by atoms with Gasteiger partial charge >= 0.3 is 6.18 Å². The van der Waals surface area contributed by atoms with Crippen LogP contribution in [0.1, 0.15) is 13.3 Å².